The molecule has 2 fully saturated rings. The number of hydrogen-bond donors (Lipinski definition) is 2. The first-order valence-electron chi connectivity index (χ1n) is 9.81. The zero-order chi connectivity index (χ0) is 19.1. The number of fused-ring (bicyclic) bond motifs is 3. The highest BCUT2D eigenvalue weighted by Crippen LogP contribution is 2.53. The molecule has 144 valence electrons. The van der Waals surface area contributed by atoms with Crippen LogP contribution >= 0.6 is 0 Å². The third kappa shape index (κ3) is 3.41. The lowest BCUT2D eigenvalue weighted by Gasteiger charge is -2.57. The van der Waals surface area contributed by atoms with Gasteiger partial charge >= 0.3 is 5.97 Å². The van der Waals surface area contributed by atoms with E-state index in [-0.39, 0.29) is 29.5 Å². The highest BCUT2D eigenvalue weighted by molar-refractivity contribution is 5.72. The Morgan fingerprint density at radius 1 is 1.35 bits per heavy atom. The van der Waals surface area contributed by atoms with Gasteiger partial charge in [-0.05, 0) is 64.7 Å². The molecule has 2 aliphatic carbocycles. The second-order valence-electron chi connectivity index (χ2n) is 8.74. The van der Waals surface area contributed by atoms with Crippen molar-refractivity contribution in [3.63, 3.8) is 0 Å². The van der Waals surface area contributed by atoms with Crippen molar-refractivity contribution < 1.29 is 19.7 Å². The van der Waals surface area contributed by atoms with E-state index in [4.69, 9.17) is 4.74 Å². The molecule has 1 aliphatic heterocycles. The minimum absolute atomic E-state index is 0.112. The summed E-state index contributed by atoms with van der Waals surface area (Å²) >= 11 is 0. The van der Waals surface area contributed by atoms with E-state index in [1.165, 1.54) is 5.57 Å². The van der Waals surface area contributed by atoms with Crippen LogP contribution in [-0.4, -0.2) is 34.0 Å². The van der Waals surface area contributed by atoms with Gasteiger partial charge in [-0.1, -0.05) is 36.0 Å². The molecule has 5 unspecified atom stereocenters. The Morgan fingerprint density at radius 2 is 2.08 bits per heavy atom. The van der Waals surface area contributed by atoms with Gasteiger partial charge in [-0.3, -0.25) is 4.79 Å². The van der Waals surface area contributed by atoms with Crippen LogP contribution in [0.25, 0.3) is 0 Å². The van der Waals surface area contributed by atoms with Crippen LogP contribution in [-0.2, 0) is 9.53 Å². The smallest absolute Gasteiger partial charge is 0.309 e. The lowest BCUT2D eigenvalue weighted by atomic mass is 9.57. The van der Waals surface area contributed by atoms with Crippen molar-refractivity contribution in [2.75, 3.05) is 0 Å². The van der Waals surface area contributed by atoms with Gasteiger partial charge in [-0.25, -0.2) is 0 Å². The van der Waals surface area contributed by atoms with Crippen LogP contribution in [0.3, 0.4) is 0 Å². The number of aliphatic carboxylic acids is 1. The average Bonchev–Trinajstić information content (AvgIpc) is 2.53. The van der Waals surface area contributed by atoms with Gasteiger partial charge in [0, 0.05) is 5.92 Å². The molecule has 1 heterocycles. The Labute approximate surface area is 156 Å². The summed E-state index contributed by atoms with van der Waals surface area (Å²) in [6.45, 7) is 8.36. The number of rotatable bonds is 3. The van der Waals surface area contributed by atoms with E-state index in [2.05, 4.69) is 26.8 Å². The molecule has 1 saturated heterocycles. The van der Waals surface area contributed by atoms with E-state index < -0.39 is 18.0 Å². The molecule has 0 spiro atoms. The molecule has 1 saturated carbocycles. The molecule has 0 radical (unpaired) electrons. The first-order valence-corrected chi connectivity index (χ1v) is 9.81. The van der Waals surface area contributed by atoms with Gasteiger partial charge in [0.2, 0.25) is 0 Å². The number of allylic oxidation sites excluding steroid dienone is 6. The van der Waals surface area contributed by atoms with Crippen molar-refractivity contribution in [1.82, 2.24) is 0 Å². The molecule has 0 aromatic heterocycles. The topological polar surface area (TPSA) is 66.8 Å². The van der Waals surface area contributed by atoms with E-state index in [0.29, 0.717) is 12.3 Å². The first-order chi connectivity index (χ1) is 12.3. The maximum Gasteiger partial charge on any atom is 0.309 e. The highest BCUT2D eigenvalue weighted by Gasteiger charge is 2.57. The number of ether oxygens (including phenoxy) is 1. The monoisotopic (exact) mass is 360 g/mol. The molecular weight excluding hydrogens is 328 g/mol. The zero-order valence-electron chi connectivity index (χ0n) is 16.3. The van der Waals surface area contributed by atoms with E-state index in [1.54, 1.807) is 0 Å². The minimum Gasteiger partial charge on any atom is -0.481 e. The zero-order valence-corrected chi connectivity index (χ0v) is 16.3. The average molecular weight is 360 g/mol. The molecule has 0 aromatic carbocycles. The number of carboxylic acids is 1. The fraction of sp³-hybridized carbons (Fsp3) is 0.682. The molecule has 4 nitrogen and oxygen atoms in total. The van der Waals surface area contributed by atoms with Crippen molar-refractivity contribution in [2.45, 2.75) is 64.8 Å². The van der Waals surface area contributed by atoms with Gasteiger partial charge in [0.25, 0.3) is 0 Å². The van der Waals surface area contributed by atoms with Crippen molar-refractivity contribution in [1.29, 1.82) is 0 Å². The second-order valence-corrected chi connectivity index (χ2v) is 8.74. The summed E-state index contributed by atoms with van der Waals surface area (Å²) in [6.07, 6.45) is 11.6. The molecule has 0 amide bonds. The fourth-order valence-corrected chi connectivity index (χ4v) is 5.50. The number of carboxylic acid groups (broad SMARTS) is 1. The SMILES string of the molecule is C/C=C/C=C/C1CC2OC(C)(C)[C@@H]3CCC(C)=C[C@H]3C2C(O)C1C(=O)O. The third-order valence-electron chi connectivity index (χ3n) is 6.69. The molecule has 4 heteroatoms. The van der Waals surface area contributed by atoms with Crippen LogP contribution in [0.4, 0.5) is 0 Å². The molecule has 3 rings (SSSR count). The maximum atomic E-state index is 12.0. The van der Waals surface area contributed by atoms with Gasteiger partial charge in [0.05, 0.1) is 23.7 Å². The summed E-state index contributed by atoms with van der Waals surface area (Å²) in [6, 6.07) is 0. The highest BCUT2D eigenvalue weighted by atomic mass is 16.5. The lowest BCUT2D eigenvalue weighted by molar-refractivity contribution is -0.235. The Morgan fingerprint density at radius 3 is 2.73 bits per heavy atom. The third-order valence-corrected chi connectivity index (χ3v) is 6.69. The van der Waals surface area contributed by atoms with Gasteiger partial charge in [0.1, 0.15) is 0 Å². The quantitative estimate of drug-likeness (QED) is 0.590. The Bertz CT molecular complexity index is 630. The van der Waals surface area contributed by atoms with Gasteiger partial charge in [-0.15, -0.1) is 0 Å². The van der Waals surface area contributed by atoms with E-state index >= 15 is 0 Å². The normalized spacial score (nSPS) is 42.3. The molecule has 2 N–H and O–H groups in total. The number of carbonyl (C=O) groups is 1. The van der Waals surface area contributed by atoms with Crippen LogP contribution in [0, 0.1) is 29.6 Å². The summed E-state index contributed by atoms with van der Waals surface area (Å²) in [7, 11) is 0. The van der Waals surface area contributed by atoms with Crippen molar-refractivity contribution in [3.8, 4) is 0 Å². The van der Waals surface area contributed by atoms with E-state index in [9.17, 15) is 15.0 Å². The largest absolute Gasteiger partial charge is 0.481 e. The van der Waals surface area contributed by atoms with Crippen LogP contribution in [0.2, 0.25) is 0 Å². The van der Waals surface area contributed by atoms with E-state index in [1.807, 2.05) is 31.2 Å². The lowest BCUT2D eigenvalue weighted by Crippen LogP contribution is -2.61. The molecule has 7 atom stereocenters. The van der Waals surface area contributed by atoms with Crippen molar-refractivity contribution >= 4 is 5.97 Å². The van der Waals surface area contributed by atoms with Crippen LogP contribution < -0.4 is 0 Å². The predicted octanol–water partition coefficient (Wildman–Crippen LogP) is 3.97. The van der Waals surface area contributed by atoms with Crippen molar-refractivity contribution in [2.24, 2.45) is 29.6 Å². The number of aliphatic hydroxyl groups is 1. The first kappa shape index (κ1) is 19.4. The standard InChI is InChI=1S/C22H32O4/c1-5-6-7-8-14-12-17-19(20(23)18(14)21(24)25)15-11-13(2)9-10-16(15)22(3,4)26-17/h5-8,11,14-20,23H,9-10,12H2,1-4H3,(H,24,25)/b6-5+,8-7+/t14?,15-,16-,17?,18?,19?,20?/m1/s1. The van der Waals surface area contributed by atoms with Crippen LogP contribution in [0.5, 0.6) is 0 Å². The number of aliphatic hydroxyl groups excluding tert-OH is 1. The minimum atomic E-state index is -0.913. The fourth-order valence-electron chi connectivity index (χ4n) is 5.50. The molecule has 0 bridgehead atoms. The second kappa shape index (κ2) is 7.32. The molecule has 26 heavy (non-hydrogen) atoms. The van der Waals surface area contributed by atoms with Gasteiger partial charge in [0.15, 0.2) is 0 Å². The Balaban J connectivity index is 1.97. The molecular formula is C22H32O4. The van der Waals surface area contributed by atoms with Crippen LogP contribution in [0.1, 0.15) is 47.0 Å². The van der Waals surface area contributed by atoms with E-state index in [0.717, 1.165) is 12.8 Å². The molecule has 0 aromatic rings. The Hall–Kier alpha value is -1.39. The summed E-state index contributed by atoms with van der Waals surface area (Å²) in [5.74, 6) is -1.54. The summed E-state index contributed by atoms with van der Waals surface area (Å²) in [5, 5.41) is 20.9. The summed E-state index contributed by atoms with van der Waals surface area (Å²) < 4.78 is 6.48. The Kier molecular flexibility index (Phi) is 5.45. The van der Waals surface area contributed by atoms with Gasteiger partial charge < -0.3 is 14.9 Å². The molecule has 3 aliphatic rings. The van der Waals surface area contributed by atoms with Crippen molar-refractivity contribution in [3.05, 3.63) is 36.0 Å². The maximum absolute atomic E-state index is 12.0. The van der Waals surface area contributed by atoms with Crippen LogP contribution in [0.15, 0.2) is 36.0 Å². The summed E-state index contributed by atoms with van der Waals surface area (Å²) in [5.41, 5.74) is 1.09. The van der Waals surface area contributed by atoms with Gasteiger partial charge in [-0.2, -0.15) is 0 Å². The summed E-state index contributed by atoms with van der Waals surface area (Å²) in [4.78, 5) is 12.0. The number of hydrogen-bond acceptors (Lipinski definition) is 3. The predicted molar refractivity (Wildman–Crippen MR) is 102 cm³/mol.